The minimum atomic E-state index is -0.871. The number of rotatable bonds is 3. The lowest BCUT2D eigenvalue weighted by Gasteiger charge is -2.18. The van der Waals surface area contributed by atoms with Gasteiger partial charge in [-0.2, -0.15) is 0 Å². The van der Waals surface area contributed by atoms with Gasteiger partial charge in [0, 0.05) is 10.9 Å². The first kappa shape index (κ1) is 12.8. The van der Waals surface area contributed by atoms with Crippen molar-refractivity contribution < 1.29 is 9.90 Å². The summed E-state index contributed by atoms with van der Waals surface area (Å²) in [6, 6.07) is 9.36. The van der Waals surface area contributed by atoms with E-state index in [-0.39, 0.29) is 11.1 Å². The molecule has 0 radical (unpaired) electrons. The smallest absolute Gasteiger partial charge is 0.311 e. The quantitative estimate of drug-likeness (QED) is 0.859. The third kappa shape index (κ3) is 2.31. The maximum absolute atomic E-state index is 11.3. The highest BCUT2D eigenvalue weighted by atomic mass is 35.5. The lowest BCUT2D eigenvalue weighted by molar-refractivity contribution is -0.139. The Hall–Kier alpha value is -1.61. The standard InChI is InChI=1S/C14H14ClNO2/c1-8(2)12(14(17)18)10-7-9-5-3-4-6-11(9)16-13(10)15/h3-8,12H,1-2H3,(H,17,18). The molecule has 1 N–H and O–H groups in total. The molecule has 0 aliphatic heterocycles. The topological polar surface area (TPSA) is 50.2 Å². The SMILES string of the molecule is CC(C)C(C(=O)O)c1cc2ccccc2nc1Cl. The highest BCUT2D eigenvalue weighted by molar-refractivity contribution is 6.30. The Bertz CT molecular complexity index is 595. The van der Waals surface area contributed by atoms with Crippen LogP contribution >= 0.6 is 11.6 Å². The van der Waals surface area contributed by atoms with E-state index >= 15 is 0 Å². The van der Waals surface area contributed by atoms with Crippen molar-refractivity contribution in [3.05, 3.63) is 41.0 Å². The number of hydrogen-bond acceptors (Lipinski definition) is 2. The van der Waals surface area contributed by atoms with Crippen molar-refractivity contribution in [1.29, 1.82) is 0 Å². The number of benzene rings is 1. The number of para-hydroxylation sites is 1. The van der Waals surface area contributed by atoms with Gasteiger partial charge in [-0.25, -0.2) is 4.98 Å². The van der Waals surface area contributed by atoms with Gasteiger partial charge in [0.1, 0.15) is 5.15 Å². The number of nitrogens with zero attached hydrogens (tertiary/aromatic N) is 1. The van der Waals surface area contributed by atoms with Crippen LogP contribution in [0.5, 0.6) is 0 Å². The molecule has 1 aromatic heterocycles. The third-order valence-corrected chi connectivity index (χ3v) is 3.28. The number of aliphatic carboxylic acids is 1. The summed E-state index contributed by atoms with van der Waals surface area (Å²) in [5, 5.41) is 10.5. The first-order chi connectivity index (χ1) is 8.50. The molecule has 2 aromatic rings. The van der Waals surface area contributed by atoms with Crippen LogP contribution in [0.15, 0.2) is 30.3 Å². The van der Waals surface area contributed by atoms with E-state index in [1.807, 2.05) is 44.2 Å². The average molecular weight is 264 g/mol. The molecule has 0 bridgehead atoms. The second kappa shape index (κ2) is 4.94. The fraction of sp³-hybridized carbons (Fsp3) is 0.286. The van der Waals surface area contributed by atoms with Crippen LogP contribution < -0.4 is 0 Å². The van der Waals surface area contributed by atoms with Crippen molar-refractivity contribution in [2.75, 3.05) is 0 Å². The summed E-state index contributed by atoms with van der Waals surface area (Å²) in [4.78, 5) is 15.6. The Morgan fingerprint density at radius 3 is 2.61 bits per heavy atom. The lowest BCUT2D eigenvalue weighted by atomic mass is 9.89. The fourth-order valence-electron chi connectivity index (χ4n) is 2.10. The number of fused-ring (bicyclic) bond motifs is 1. The monoisotopic (exact) mass is 263 g/mol. The molecular formula is C14H14ClNO2. The van der Waals surface area contributed by atoms with Crippen LogP contribution in [0.25, 0.3) is 10.9 Å². The molecule has 18 heavy (non-hydrogen) atoms. The van der Waals surface area contributed by atoms with Gasteiger partial charge in [0.15, 0.2) is 0 Å². The van der Waals surface area contributed by atoms with Crippen LogP contribution in [0.2, 0.25) is 5.15 Å². The van der Waals surface area contributed by atoms with Gasteiger partial charge in [-0.1, -0.05) is 43.6 Å². The molecule has 1 aromatic carbocycles. The molecule has 0 aliphatic carbocycles. The summed E-state index contributed by atoms with van der Waals surface area (Å²) in [5.74, 6) is -1.54. The highest BCUT2D eigenvalue weighted by Crippen LogP contribution is 2.31. The molecule has 0 amide bonds. The Labute approximate surface area is 110 Å². The van der Waals surface area contributed by atoms with Gasteiger partial charge >= 0.3 is 5.97 Å². The van der Waals surface area contributed by atoms with Crippen molar-refractivity contribution in [3.8, 4) is 0 Å². The summed E-state index contributed by atoms with van der Waals surface area (Å²) < 4.78 is 0. The summed E-state index contributed by atoms with van der Waals surface area (Å²) in [5.41, 5.74) is 1.36. The van der Waals surface area contributed by atoms with Crippen molar-refractivity contribution in [3.63, 3.8) is 0 Å². The minimum Gasteiger partial charge on any atom is -0.481 e. The van der Waals surface area contributed by atoms with E-state index in [4.69, 9.17) is 11.6 Å². The first-order valence-electron chi connectivity index (χ1n) is 5.78. The summed E-state index contributed by atoms with van der Waals surface area (Å²) in [6.45, 7) is 3.73. The molecule has 1 heterocycles. The second-order valence-corrected chi connectivity index (χ2v) is 4.98. The van der Waals surface area contributed by atoms with Gasteiger partial charge < -0.3 is 5.11 Å². The number of hydrogen-bond donors (Lipinski definition) is 1. The Kier molecular flexibility index (Phi) is 3.53. The molecule has 1 atom stereocenters. The Balaban J connectivity index is 2.62. The molecule has 0 fully saturated rings. The minimum absolute atomic E-state index is 0.0389. The van der Waals surface area contributed by atoms with Crippen LogP contribution in [-0.2, 0) is 4.79 Å². The molecule has 3 nitrogen and oxygen atoms in total. The van der Waals surface area contributed by atoms with E-state index in [0.29, 0.717) is 5.56 Å². The zero-order chi connectivity index (χ0) is 13.3. The average Bonchev–Trinajstić information content (AvgIpc) is 2.29. The summed E-state index contributed by atoms with van der Waals surface area (Å²) >= 11 is 6.11. The van der Waals surface area contributed by atoms with Gasteiger partial charge in [-0.05, 0) is 18.1 Å². The number of carboxylic acids is 1. The number of halogens is 1. The van der Waals surface area contributed by atoms with Gasteiger partial charge in [0.2, 0.25) is 0 Å². The van der Waals surface area contributed by atoms with Gasteiger partial charge in [-0.15, -0.1) is 0 Å². The molecular weight excluding hydrogens is 250 g/mol. The van der Waals surface area contributed by atoms with E-state index in [9.17, 15) is 9.90 Å². The molecule has 0 aliphatic rings. The van der Waals surface area contributed by atoms with E-state index in [2.05, 4.69) is 4.98 Å². The zero-order valence-corrected chi connectivity index (χ0v) is 11.0. The van der Waals surface area contributed by atoms with Crippen LogP contribution in [0.4, 0.5) is 0 Å². The van der Waals surface area contributed by atoms with Crippen molar-refractivity contribution >= 4 is 28.5 Å². The number of pyridine rings is 1. The lowest BCUT2D eigenvalue weighted by Crippen LogP contribution is -2.18. The van der Waals surface area contributed by atoms with E-state index in [0.717, 1.165) is 10.9 Å². The maximum atomic E-state index is 11.3. The van der Waals surface area contributed by atoms with Crippen LogP contribution in [0, 0.1) is 5.92 Å². The second-order valence-electron chi connectivity index (χ2n) is 4.62. The molecule has 0 saturated carbocycles. The molecule has 94 valence electrons. The first-order valence-corrected chi connectivity index (χ1v) is 6.16. The third-order valence-electron chi connectivity index (χ3n) is 2.97. The van der Waals surface area contributed by atoms with Gasteiger partial charge in [0.25, 0.3) is 0 Å². The van der Waals surface area contributed by atoms with Gasteiger partial charge in [-0.3, -0.25) is 4.79 Å². The van der Waals surface area contributed by atoms with Crippen LogP contribution in [-0.4, -0.2) is 16.1 Å². The van der Waals surface area contributed by atoms with Crippen molar-refractivity contribution in [1.82, 2.24) is 4.98 Å². The normalized spacial score (nSPS) is 12.9. The predicted molar refractivity (Wildman–Crippen MR) is 72.0 cm³/mol. The predicted octanol–water partition coefficient (Wildman–Crippen LogP) is 3.71. The van der Waals surface area contributed by atoms with Crippen LogP contribution in [0.1, 0.15) is 25.3 Å². The number of carbonyl (C=O) groups is 1. The molecule has 0 spiro atoms. The molecule has 4 heteroatoms. The largest absolute Gasteiger partial charge is 0.481 e. The molecule has 1 unspecified atom stereocenters. The van der Waals surface area contributed by atoms with Crippen LogP contribution in [0.3, 0.4) is 0 Å². The zero-order valence-electron chi connectivity index (χ0n) is 10.2. The number of carboxylic acid groups (broad SMARTS) is 1. The van der Waals surface area contributed by atoms with E-state index < -0.39 is 11.9 Å². The Morgan fingerprint density at radius 2 is 2.00 bits per heavy atom. The molecule has 0 saturated heterocycles. The van der Waals surface area contributed by atoms with Gasteiger partial charge in [0.05, 0.1) is 11.4 Å². The summed E-state index contributed by atoms with van der Waals surface area (Å²) in [6.07, 6.45) is 0. The van der Waals surface area contributed by atoms with Crippen molar-refractivity contribution in [2.45, 2.75) is 19.8 Å². The van der Waals surface area contributed by atoms with Crippen molar-refractivity contribution in [2.24, 2.45) is 5.92 Å². The Morgan fingerprint density at radius 1 is 1.33 bits per heavy atom. The highest BCUT2D eigenvalue weighted by Gasteiger charge is 2.26. The van der Waals surface area contributed by atoms with E-state index in [1.54, 1.807) is 0 Å². The maximum Gasteiger partial charge on any atom is 0.311 e. The fourth-order valence-corrected chi connectivity index (χ4v) is 2.37. The number of aromatic nitrogens is 1. The van der Waals surface area contributed by atoms with E-state index in [1.165, 1.54) is 0 Å². The summed E-state index contributed by atoms with van der Waals surface area (Å²) in [7, 11) is 0. The molecule has 2 rings (SSSR count).